The topological polar surface area (TPSA) is 86.7 Å². The first kappa shape index (κ1) is 31.3. The molecular weight excluding hydrogens is 507 g/mol. The van der Waals surface area contributed by atoms with Gasteiger partial charge in [-0.25, -0.2) is 0 Å². The number of carbonyl (C=O) groups excluding carboxylic acids is 1. The molecule has 5 nitrogen and oxygen atoms in total. The Labute approximate surface area is 232 Å². The molecule has 39 heavy (non-hydrogen) atoms. The highest BCUT2D eigenvalue weighted by Gasteiger charge is 2.48. The fourth-order valence-electron chi connectivity index (χ4n) is 4.66. The fourth-order valence-corrected chi connectivity index (χ4v) is 9.75. The Morgan fingerprint density at radius 2 is 1.08 bits per heavy atom. The van der Waals surface area contributed by atoms with Crippen LogP contribution in [0.2, 0.25) is 0 Å². The number of carbonyl (C=O) groups is 2. The SMILES string of the molecule is CC(=O)O.CC(=O)[O-].COc1cccc(C[P+](c2ccccc2C)(c2ccccc2C)c2ccccc2C)c1. The van der Waals surface area contributed by atoms with Crippen LogP contribution in [0.3, 0.4) is 0 Å². The first-order valence-electron chi connectivity index (χ1n) is 12.6. The van der Waals surface area contributed by atoms with Crippen molar-refractivity contribution in [2.24, 2.45) is 0 Å². The van der Waals surface area contributed by atoms with Gasteiger partial charge in [-0.05, 0) is 80.3 Å². The maximum Gasteiger partial charge on any atom is 0.300 e. The molecule has 0 unspecified atom stereocenters. The summed E-state index contributed by atoms with van der Waals surface area (Å²) >= 11 is 0. The molecule has 4 aromatic carbocycles. The molecule has 0 saturated heterocycles. The van der Waals surface area contributed by atoms with E-state index in [1.807, 2.05) is 6.07 Å². The van der Waals surface area contributed by atoms with Crippen LogP contribution >= 0.6 is 7.26 Å². The van der Waals surface area contributed by atoms with E-state index in [0.29, 0.717) is 0 Å². The highest BCUT2D eigenvalue weighted by atomic mass is 31.2. The first-order valence-corrected chi connectivity index (χ1v) is 14.6. The van der Waals surface area contributed by atoms with Crippen LogP contribution in [0.5, 0.6) is 5.75 Å². The summed E-state index contributed by atoms with van der Waals surface area (Å²) in [7, 11) is -0.232. The van der Waals surface area contributed by atoms with Crippen LogP contribution in [-0.2, 0) is 15.8 Å². The molecule has 1 N–H and O–H groups in total. The molecule has 4 rings (SSSR count). The zero-order chi connectivity index (χ0) is 29.0. The standard InChI is InChI=1S/C29H30OP.2C2H4O2/c1-22-12-5-8-17-27(22)31(28-18-9-6-13-23(28)2,29-19-10-7-14-24(29)3)21-25-15-11-16-26(20-25)30-4;2*1-2(3)4/h5-20H,21H2,1-4H3;2*1H3,(H,3,4)/q+1;;/p-1. The quantitative estimate of drug-likeness (QED) is 0.347. The molecule has 0 aliphatic rings. The Morgan fingerprint density at radius 1 is 0.718 bits per heavy atom. The van der Waals surface area contributed by atoms with E-state index in [1.165, 1.54) is 38.2 Å². The van der Waals surface area contributed by atoms with Crippen molar-refractivity contribution in [2.75, 3.05) is 7.11 Å². The Bertz CT molecular complexity index is 1270. The lowest BCUT2D eigenvalue weighted by Gasteiger charge is -2.31. The van der Waals surface area contributed by atoms with Crippen LogP contribution in [0, 0.1) is 20.8 Å². The summed E-state index contributed by atoms with van der Waals surface area (Å²) in [5, 5.41) is 20.7. The molecule has 0 saturated carbocycles. The predicted octanol–water partition coefficient (Wildman–Crippen LogP) is 4.96. The molecule has 0 aliphatic carbocycles. The number of aryl methyl sites for hydroxylation is 3. The molecule has 4 aromatic rings. The van der Waals surface area contributed by atoms with E-state index in [1.54, 1.807) is 7.11 Å². The van der Waals surface area contributed by atoms with Gasteiger partial charge in [0.25, 0.3) is 5.97 Å². The summed E-state index contributed by atoms with van der Waals surface area (Å²) in [6.07, 6.45) is 0.963. The van der Waals surface area contributed by atoms with Crippen LogP contribution in [0.25, 0.3) is 0 Å². The summed E-state index contributed by atoms with van der Waals surface area (Å²) in [6.45, 7) is 8.82. The van der Waals surface area contributed by atoms with Crippen molar-refractivity contribution in [1.82, 2.24) is 0 Å². The number of aliphatic carboxylic acids is 2. The largest absolute Gasteiger partial charge is 0.550 e. The van der Waals surface area contributed by atoms with Crippen molar-refractivity contribution in [1.29, 1.82) is 0 Å². The maximum atomic E-state index is 9.00. The van der Waals surface area contributed by atoms with Gasteiger partial charge in [0.2, 0.25) is 0 Å². The van der Waals surface area contributed by atoms with E-state index >= 15 is 0 Å². The summed E-state index contributed by atoms with van der Waals surface area (Å²) in [4.78, 5) is 17.9. The second-order valence-corrected chi connectivity index (χ2v) is 12.6. The molecule has 6 heteroatoms. The Kier molecular flexibility index (Phi) is 11.9. The third kappa shape index (κ3) is 8.53. The third-order valence-electron chi connectivity index (χ3n) is 6.13. The number of carboxylic acid groups (broad SMARTS) is 2. The molecule has 0 aromatic heterocycles. The van der Waals surface area contributed by atoms with E-state index < -0.39 is 19.2 Å². The predicted molar refractivity (Wildman–Crippen MR) is 160 cm³/mol. The van der Waals surface area contributed by atoms with E-state index in [9.17, 15) is 0 Å². The van der Waals surface area contributed by atoms with Crippen molar-refractivity contribution in [3.63, 3.8) is 0 Å². The maximum absolute atomic E-state index is 9.00. The fraction of sp³-hybridized carbons (Fsp3) is 0.212. The van der Waals surface area contributed by atoms with Crippen molar-refractivity contribution in [3.05, 3.63) is 119 Å². The molecule has 0 aliphatic heterocycles. The average molecular weight is 545 g/mol. The molecule has 0 atom stereocenters. The van der Waals surface area contributed by atoms with E-state index in [4.69, 9.17) is 24.5 Å². The van der Waals surface area contributed by atoms with Gasteiger partial charge >= 0.3 is 0 Å². The Morgan fingerprint density at radius 3 is 1.41 bits per heavy atom. The second-order valence-electron chi connectivity index (χ2n) is 9.19. The number of rotatable bonds is 6. The zero-order valence-electron chi connectivity index (χ0n) is 23.5. The van der Waals surface area contributed by atoms with Gasteiger partial charge in [0.1, 0.15) is 28.9 Å². The average Bonchev–Trinajstić information content (AvgIpc) is 2.88. The van der Waals surface area contributed by atoms with Crippen LogP contribution in [0.15, 0.2) is 97.1 Å². The zero-order valence-corrected chi connectivity index (χ0v) is 24.4. The normalized spacial score (nSPS) is 10.3. The monoisotopic (exact) mass is 544 g/mol. The van der Waals surface area contributed by atoms with Crippen molar-refractivity contribution >= 4 is 35.1 Å². The highest BCUT2D eigenvalue weighted by molar-refractivity contribution is 7.95. The van der Waals surface area contributed by atoms with E-state index in [2.05, 4.69) is 112 Å². The number of hydrogen-bond donors (Lipinski definition) is 1. The number of methoxy groups -OCH3 is 1. The Hall–Kier alpha value is -3.95. The number of ether oxygens (including phenoxy) is 1. The lowest BCUT2D eigenvalue weighted by molar-refractivity contribution is -0.302. The van der Waals surface area contributed by atoms with Crippen molar-refractivity contribution in [2.45, 2.75) is 40.8 Å². The summed E-state index contributed by atoms with van der Waals surface area (Å²) < 4.78 is 5.57. The number of hydrogen-bond acceptors (Lipinski definition) is 4. The highest BCUT2D eigenvalue weighted by Crippen LogP contribution is 2.60. The molecule has 0 bridgehead atoms. The molecule has 0 spiro atoms. The van der Waals surface area contributed by atoms with Crippen LogP contribution < -0.4 is 25.8 Å². The van der Waals surface area contributed by atoms with Crippen LogP contribution in [0.1, 0.15) is 36.1 Å². The number of carboxylic acids is 2. The minimum absolute atomic E-state index is 0.833. The van der Waals surface area contributed by atoms with Gasteiger partial charge in [-0.3, -0.25) is 4.79 Å². The van der Waals surface area contributed by atoms with Gasteiger partial charge in [-0.1, -0.05) is 66.7 Å². The minimum atomic E-state index is -1.97. The van der Waals surface area contributed by atoms with Crippen molar-refractivity contribution in [3.8, 4) is 5.75 Å². The molecule has 0 radical (unpaired) electrons. The summed E-state index contributed by atoms with van der Waals surface area (Å²) in [5.74, 6) is -1.00. The molecule has 0 fully saturated rings. The van der Waals surface area contributed by atoms with Crippen molar-refractivity contribution < 1.29 is 24.5 Å². The van der Waals surface area contributed by atoms with Gasteiger partial charge in [-0.15, -0.1) is 0 Å². The van der Waals surface area contributed by atoms with Gasteiger partial charge in [-0.2, -0.15) is 0 Å². The molecular formula is C33H37O5P. The van der Waals surface area contributed by atoms with Gasteiger partial charge in [0.05, 0.1) is 13.3 Å². The van der Waals surface area contributed by atoms with Crippen LogP contribution in [-0.4, -0.2) is 24.2 Å². The van der Waals surface area contributed by atoms with Gasteiger partial charge < -0.3 is 19.7 Å². The van der Waals surface area contributed by atoms with E-state index in [-0.39, 0.29) is 0 Å². The molecule has 204 valence electrons. The molecule has 0 amide bonds. The smallest absolute Gasteiger partial charge is 0.300 e. The lowest BCUT2D eigenvalue weighted by atomic mass is 10.2. The summed E-state index contributed by atoms with van der Waals surface area (Å²) in [5.41, 5.74) is 5.36. The summed E-state index contributed by atoms with van der Waals surface area (Å²) in [6, 6.07) is 35.4. The lowest BCUT2D eigenvalue weighted by Crippen LogP contribution is -2.36. The second kappa shape index (κ2) is 14.8. The van der Waals surface area contributed by atoms with E-state index in [0.717, 1.165) is 25.8 Å². The van der Waals surface area contributed by atoms with Gasteiger partial charge in [0.15, 0.2) is 0 Å². The minimum Gasteiger partial charge on any atom is -0.550 e. The number of benzene rings is 4. The molecule has 0 heterocycles. The third-order valence-corrected chi connectivity index (χ3v) is 10.9. The Balaban J connectivity index is 0.000000590. The van der Waals surface area contributed by atoms with Crippen LogP contribution in [0.4, 0.5) is 0 Å². The first-order chi connectivity index (χ1) is 18.5. The van der Waals surface area contributed by atoms with Gasteiger partial charge in [0, 0.05) is 12.9 Å².